The van der Waals surface area contributed by atoms with Gasteiger partial charge >= 0.3 is 6.03 Å². The SMILES string of the molecule is C[C@]12CC[C@H]3[C@@H](CC4SC(N)=NC45C/C(=N/NC(N)=O)CC[C@]35C)[C@@H]1CCC2=O. The van der Waals surface area contributed by atoms with Crippen molar-refractivity contribution in [2.24, 2.45) is 50.1 Å². The average Bonchev–Trinajstić information content (AvgIpc) is 3.14. The van der Waals surface area contributed by atoms with Crippen LogP contribution in [0.1, 0.15) is 65.2 Å². The number of thioether (sulfide) groups is 1. The van der Waals surface area contributed by atoms with Gasteiger partial charge in [-0.3, -0.25) is 9.79 Å². The minimum absolute atomic E-state index is 0.0351. The lowest BCUT2D eigenvalue weighted by atomic mass is 9.42. The molecule has 29 heavy (non-hydrogen) atoms. The number of amides is 2. The van der Waals surface area contributed by atoms with Gasteiger partial charge in [-0.05, 0) is 61.7 Å². The molecule has 0 aromatic carbocycles. The molecule has 4 aliphatic carbocycles. The Balaban J connectivity index is 1.53. The van der Waals surface area contributed by atoms with E-state index in [1.165, 1.54) is 0 Å². The van der Waals surface area contributed by atoms with E-state index < -0.39 is 6.03 Å². The van der Waals surface area contributed by atoms with Crippen molar-refractivity contribution in [3.8, 4) is 0 Å². The second-order valence-electron chi connectivity index (χ2n) is 10.3. The molecule has 5 rings (SSSR count). The number of nitrogens with two attached hydrogens (primary N) is 2. The largest absolute Gasteiger partial charge is 0.379 e. The average molecular weight is 418 g/mol. The van der Waals surface area contributed by atoms with Crippen LogP contribution in [-0.2, 0) is 4.79 Å². The molecule has 1 aliphatic heterocycles. The summed E-state index contributed by atoms with van der Waals surface area (Å²) in [7, 11) is 0. The first kappa shape index (κ1) is 19.4. The molecular formula is C21H31N5O2S. The van der Waals surface area contributed by atoms with E-state index in [0.717, 1.165) is 57.1 Å². The molecule has 4 saturated carbocycles. The third-order valence-corrected chi connectivity index (χ3v) is 10.5. The van der Waals surface area contributed by atoms with E-state index in [2.05, 4.69) is 24.4 Å². The van der Waals surface area contributed by atoms with Crippen molar-refractivity contribution < 1.29 is 9.59 Å². The van der Waals surface area contributed by atoms with E-state index in [-0.39, 0.29) is 16.4 Å². The number of urea groups is 1. The third kappa shape index (κ3) is 2.50. The molecule has 158 valence electrons. The van der Waals surface area contributed by atoms with E-state index >= 15 is 0 Å². The molecule has 1 spiro atoms. The fourth-order valence-electron chi connectivity index (χ4n) is 7.81. The first-order valence-electron chi connectivity index (χ1n) is 10.9. The van der Waals surface area contributed by atoms with Gasteiger partial charge in [0.15, 0.2) is 5.17 Å². The number of fused-ring (bicyclic) bond motifs is 4. The van der Waals surface area contributed by atoms with Crippen LogP contribution in [-0.4, -0.2) is 33.5 Å². The number of primary amides is 1. The fourth-order valence-corrected chi connectivity index (χ4v) is 9.24. The van der Waals surface area contributed by atoms with Gasteiger partial charge < -0.3 is 11.5 Å². The van der Waals surface area contributed by atoms with Crippen LogP contribution in [0.15, 0.2) is 10.1 Å². The van der Waals surface area contributed by atoms with Gasteiger partial charge in [0.05, 0.1) is 5.54 Å². The molecule has 0 saturated heterocycles. The molecule has 7 atom stereocenters. The number of hydrogen-bond donors (Lipinski definition) is 3. The zero-order chi connectivity index (χ0) is 20.6. The Kier molecular flexibility index (Phi) is 4.16. The summed E-state index contributed by atoms with van der Waals surface area (Å²) in [5.41, 5.74) is 14.5. The molecule has 4 fully saturated rings. The van der Waals surface area contributed by atoms with Crippen LogP contribution < -0.4 is 16.9 Å². The minimum Gasteiger partial charge on any atom is -0.379 e. The fraction of sp³-hybridized carbons (Fsp3) is 0.810. The molecule has 0 aromatic heterocycles. The van der Waals surface area contributed by atoms with Crippen LogP contribution in [0.2, 0.25) is 0 Å². The van der Waals surface area contributed by atoms with E-state index in [4.69, 9.17) is 16.5 Å². The van der Waals surface area contributed by atoms with Gasteiger partial charge in [-0.1, -0.05) is 25.6 Å². The zero-order valence-electron chi connectivity index (χ0n) is 17.2. The van der Waals surface area contributed by atoms with Gasteiger partial charge in [-0.15, -0.1) is 0 Å². The zero-order valence-corrected chi connectivity index (χ0v) is 18.1. The highest BCUT2D eigenvalue weighted by molar-refractivity contribution is 8.14. The van der Waals surface area contributed by atoms with E-state index in [1.54, 1.807) is 11.8 Å². The van der Waals surface area contributed by atoms with Crippen LogP contribution in [0, 0.1) is 28.6 Å². The van der Waals surface area contributed by atoms with Gasteiger partial charge in [-0.25, -0.2) is 10.2 Å². The second-order valence-corrected chi connectivity index (χ2v) is 11.5. The molecular weight excluding hydrogens is 386 g/mol. The van der Waals surface area contributed by atoms with Crippen molar-refractivity contribution in [2.45, 2.75) is 76.0 Å². The topological polar surface area (TPSA) is 123 Å². The van der Waals surface area contributed by atoms with Crippen molar-refractivity contribution >= 4 is 34.5 Å². The van der Waals surface area contributed by atoms with Gasteiger partial charge in [0.2, 0.25) is 0 Å². The van der Waals surface area contributed by atoms with Crippen LogP contribution in [0.5, 0.6) is 0 Å². The Morgan fingerprint density at radius 1 is 1.24 bits per heavy atom. The highest BCUT2D eigenvalue weighted by Gasteiger charge is 2.69. The number of rotatable bonds is 1. The summed E-state index contributed by atoms with van der Waals surface area (Å²) in [6, 6.07) is -0.634. The molecule has 7 nitrogen and oxygen atoms in total. The lowest BCUT2D eigenvalue weighted by Crippen LogP contribution is -2.65. The van der Waals surface area contributed by atoms with Crippen molar-refractivity contribution in [3.63, 3.8) is 0 Å². The Morgan fingerprint density at radius 2 is 2.03 bits per heavy atom. The van der Waals surface area contributed by atoms with Crippen LogP contribution in [0.25, 0.3) is 0 Å². The van der Waals surface area contributed by atoms with Crippen molar-refractivity contribution in [1.29, 1.82) is 0 Å². The number of nitrogens with zero attached hydrogens (tertiary/aromatic N) is 2. The maximum atomic E-state index is 12.7. The molecule has 5 aliphatic rings. The first-order chi connectivity index (χ1) is 13.7. The van der Waals surface area contributed by atoms with E-state index in [9.17, 15) is 9.59 Å². The summed E-state index contributed by atoms with van der Waals surface area (Å²) in [4.78, 5) is 28.9. The number of carbonyl (C=O) groups excluding carboxylic acids is 2. The molecule has 2 amide bonds. The molecule has 5 N–H and O–H groups in total. The minimum atomic E-state index is -0.634. The van der Waals surface area contributed by atoms with Gasteiger partial charge in [-0.2, -0.15) is 5.10 Å². The number of aliphatic imine (C=N–C) groups is 1. The van der Waals surface area contributed by atoms with E-state index in [1.807, 2.05) is 0 Å². The van der Waals surface area contributed by atoms with Crippen molar-refractivity contribution in [1.82, 2.24) is 5.43 Å². The number of nitrogens with one attached hydrogen (secondary N) is 1. The van der Waals surface area contributed by atoms with Crippen molar-refractivity contribution in [3.05, 3.63) is 0 Å². The van der Waals surface area contributed by atoms with Gasteiger partial charge in [0.1, 0.15) is 5.78 Å². The maximum Gasteiger partial charge on any atom is 0.332 e. The molecule has 0 bridgehead atoms. The van der Waals surface area contributed by atoms with Crippen molar-refractivity contribution in [2.75, 3.05) is 0 Å². The first-order valence-corrected chi connectivity index (χ1v) is 11.7. The summed E-state index contributed by atoms with van der Waals surface area (Å²) < 4.78 is 0. The number of hydrogen-bond acceptors (Lipinski definition) is 6. The molecule has 0 aromatic rings. The Hall–Kier alpha value is -1.57. The number of amidine groups is 1. The Bertz CT molecular complexity index is 843. The predicted octanol–water partition coefficient (Wildman–Crippen LogP) is 2.79. The lowest BCUT2D eigenvalue weighted by Gasteiger charge is -2.64. The quantitative estimate of drug-likeness (QED) is 0.568. The Morgan fingerprint density at radius 3 is 2.79 bits per heavy atom. The monoisotopic (exact) mass is 417 g/mol. The summed E-state index contributed by atoms with van der Waals surface area (Å²) in [6.07, 6.45) is 7.52. The second kappa shape index (κ2) is 6.22. The van der Waals surface area contributed by atoms with Crippen LogP contribution in [0.3, 0.4) is 0 Å². The smallest absolute Gasteiger partial charge is 0.332 e. The number of ketones is 1. The number of Topliss-reactive ketones (excluding diaryl/α,β-unsaturated/α-hetero) is 1. The summed E-state index contributed by atoms with van der Waals surface area (Å²) in [6.45, 7) is 4.64. The lowest BCUT2D eigenvalue weighted by molar-refractivity contribution is -0.137. The van der Waals surface area contributed by atoms with Gasteiger partial charge in [0.25, 0.3) is 0 Å². The number of hydrazone groups is 1. The third-order valence-electron chi connectivity index (χ3n) is 9.28. The molecule has 8 heteroatoms. The summed E-state index contributed by atoms with van der Waals surface area (Å²) in [5, 5.41) is 5.28. The number of carbonyl (C=O) groups is 2. The highest BCUT2D eigenvalue weighted by atomic mass is 32.2. The van der Waals surface area contributed by atoms with Crippen LogP contribution in [0.4, 0.5) is 4.79 Å². The maximum absolute atomic E-state index is 12.7. The molecule has 0 radical (unpaired) electrons. The predicted molar refractivity (Wildman–Crippen MR) is 115 cm³/mol. The molecule has 2 unspecified atom stereocenters. The summed E-state index contributed by atoms with van der Waals surface area (Å²) in [5.74, 6) is 2.11. The standard InChI is InChI=1S/C21H31N5O2S/c1-19-7-6-14-12(13(19)3-4-15(19)27)9-16-21(24-18(23)29-16)10-11(25-26-17(22)28)5-8-20(14,21)2/h12-14,16H,3-10H2,1-2H3,(H2,23,24)(H3,22,26,28)/b25-11+/t12-,13-,14-,16?,19-,20+,21?/m0/s1. The summed E-state index contributed by atoms with van der Waals surface area (Å²) >= 11 is 1.72. The van der Waals surface area contributed by atoms with E-state index in [0.29, 0.717) is 34.0 Å². The highest BCUT2D eigenvalue weighted by Crippen LogP contribution is 2.69. The normalized spacial score (nSPS) is 49.7. The van der Waals surface area contributed by atoms with Crippen LogP contribution >= 0.6 is 11.8 Å². The van der Waals surface area contributed by atoms with Gasteiger partial charge in [0, 0.05) is 29.2 Å². The molecule has 1 heterocycles. The Labute approximate surface area is 175 Å².